The van der Waals surface area contributed by atoms with Gasteiger partial charge in [0.2, 0.25) is 11.8 Å². The van der Waals surface area contributed by atoms with Crippen molar-refractivity contribution in [3.63, 3.8) is 0 Å². The zero-order valence-electron chi connectivity index (χ0n) is 18.0. The molecule has 32 heavy (non-hydrogen) atoms. The molecule has 1 aromatic carbocycles. The number of nitrogens with one attached hydrogen (secondary N) is 1. The highest BCUT2D eigenvalue weighted by Gasteiger charge is 2.12. The van der Waals surface area contributed by atoms with Crippen LogP contribution in [0.3, 0.4) is 0 Å². The fraction of sp³-hybridized carbons (Fsp3) is 0.174. The lowest BCUT2D eigenvalue weighted by Gasteiger charge is -2.13. The third-order valence-electron chi connectivity index (χ3n) is 4.66. The van der Waals surface area contributed by atoms with Crippen LogP contribution < -0.4 is 21.3 Å². The first-order valence-electron chi connectivity index (χ1n) is 10.0. The second-order valence-corrected chi connectivity index (χ2v) is 7.56. The summed E-state index contributed by atoms with van der Waals surface area (Å²) in [7, 11) is 1.69. The lowest BCUT2D eigenvalue weighted by atomic mass is 10.1. The van der Waals surface area contributed by atoms with Crippen LogP contribution in [0.25, 0.3) is 27.9 Å². The third kappa shape index (κ3) is 4.27. The van der Waals surface area contributed by atoms with Gasteiger partial charge < -0.3 is 15.8 Å². The molecule has 162 valence electrons. The molecular weight excluding hydrogens is 406 g/mol. The number of pyridine rings is 1. The number of fused-ring (bicyclic) bond motifs is 1. The van der Waals surface area contributed by atoms with E-state index in [1.165, 1.54) is 4.57 Å². The van der Waals surface area contributed by atoms with Crippen LogP contribution in [0, 0.1) is 0 Å². The van der Waals surface area contributed by atoms with E-state index in [-0.39, 0.29) is 17.3 Å². The Morgan fingerprint density at radius 1 is 1.16 bits per heavy atom. The molecule has 3 N–H and O–H groups in total. The molecule has 4 aromatic rings. The molecule has 0 amide bonds. The molecule has 0 aliphatic rings. The quantitative estimate of drug-likeness (QED) is 0.479. The molecule has 0 saturated carbocycles. The molecule has 0 unspecified atom stereocenters. The van der Waals surface area contributed by atoms with E-state index < -0.39 is 0 Å². The highest BCUT2D eigenvalue weighted by atomic mass is 16.5. The Kier molecular flexibility index (Phi) is 5.55. The Morgan fingerprint density at radius 2 is 1.97 bits per heavy atom. The van der Waals surface area contributed by atoms with Gasteiger partial charge in [0.1, 0.15) is 5.75 Å². The average molecular weight is 429 g/mol. The molecule has 0 radical (unpaired) electrons. The number of aromatic nitrogens is 5. The van der Waals surface area contributed by atoms with Crippen molar-refractivity contribution < 1.29 is 4.74 Å². The molecule has 3 heterocycles. The van der Waals surface area contributed by atoms with E-state index in [1.54, 1.807) is 37.6 Å². The van der Waals surface area contributed by atoms with Crippen molar-refractivity contribution in [2.45, 2.75) is 19.9 Å². The molecule has 0 spiro atoms. The molecule has 0 bridgehead atoms. The van der Waals surface area contributed by atoms with E-state index in [0.29, 0.717) is 34.7 Å². The highest BCUT2D eigenvalue weighted by molar-refractivity contribution is 5.82. The Hall–Kier alpha value is -4.27. The number of nitrogens with zero attached hydrogens (tertiary/aromatic N) is 5. The molecule has 9 heteroatoms. The van der Waals surface area contributed by atoms with E-state index in [2.05, 4.69) is 31.8 Å². The van der Waals surface area contributed by atoms with Crippen LogP contribution in [0.1, 0.15) is 19.7 Å². The zero-order valence-corrected chi connectivity index (χ0v) is 18.0. The zero-order chi connectivity index (χ0) is 22.8. The minimum atomic E-state index is -0.170. The number of hydrogen-bond donors (Lipinski definition) is 2. The molecule has 3 aromatic heterocycles. The van der Waals surface area contributed by atoms with Gasteiger partial charge in [0, 0.05) is 36.9 Å². The first kappa shape index (κ1) is 21.0. The van der Waals surface area contributed by atoms with Crippen molar-refractivity contribution >= 4 is 22.5 Å². The number of rotatable bonds is 6. The van der Waals surface area contributed by atoms with Crippen LogP contribution in [-0.2, 0) is 7.05 Å². The van der Waals surface area contributed by atoms with Crippen LogP contribution in [-0.4, -0.2) is 30.5 Å². The molecule has 4 rings (SSSR count). The van der Waals surface area contributed by atoms with Gasteiger partial charge in [-0.1, -0.05) is 12.6 Å². The Morgan fingerprint density at radius 3 is 2.72 bits per heavy atom. The van der Waals surface area contributed by atoms with Gasteiger partial charge in [0.05, 0.1) is 22.5 Å². The SMILES string of the molecule is C=C(N)c1nccc(Oc2ccc3nc(-c4cnc(NC(C)C)n(C)c4=O)ccc3c2)n1. The Balaban J connectivity index is 1.64. The summed E-state index contributed by atoms with van der Waals surface area (Å²) >= 11 is 0. The molecule has 0 aliphatic carbocycles. The normalized spacial score (nSPS) is 11.0. The smallest absolute Gasteiger partial charge is 0.264 e. The second-order valence-electron chi connectivity index (χ2n) is 7.56. The van der Waals surface area contributed by atoms with Crippen LogP contribution in [0.5, 0.6) is 11.6 Å². The predicted molar refractivity (Wildman–Crippen MR) is 124 cm³/mol. The summed E-state index contributed by atoms with van der Waals surface area (Å²) in [5, 5.41) is 4.01. The summed E-state index contributed by atoms with van der Waals surface area (Å²) < 4.78 is 7.32. The number of hydrogen-bond acceptors (Lipinski definition) is 8. The second kappa shape index (κ2) is 8.46. The van der Waals surface area contributed by atoms with E-state index in [4.69, 9.17) is 10.5 Å². The maximum atomic E-state index is 12.8. The Bertz CT molecular complexity index is 1380. The molecule has 0 atom stereocenters. The summed E-state index contributed by atoms with van der Waals surface area (Å²) in [5.41, 5.74) is 7.45. The van der Waals surface area contributed by atoms with Gasteiger partial charge in [-0.3, -0.25) is 9.36 Å². The van der Waals surface area contributed by atoms with Gasteiger partial charge in [-0.15, -0.1) is 0 Å². The van der Waals surface area contributed by atoms with Crippen LogP contribution in [0.2, 0.25) is 0 Å². The lowest BCUT2D eigenvalue weighted by molar-refractivity contribution is 0.461. The summed E-state index contributed by atoms with van der Waals surface area (Å²) in [4.78, 5) is 30.1. The molecule has 0 saturated heterocycles. The van der Waals surface area contributed by atoms with E-state index in [1.807, 2.05) is 32.0 Å². The van der Waals surface area contributed by atoms with E-state index in [9.17, 15) is 4.79 Å². The third-order valence-corrected chi connectivity index (χ3v) is 4.66. The number of ether oxygens (including phenoxy) is 1. The predicted octanol–water partition coefficient (Wildman–Crippen LogP) is 3.33. The summed E-state index contributed by atoms with van der Waals surface area (Å²) in [6, 6.07) is 10.9. The lowest BCUT2D eigenvalue weighted by Crippen LogP contribution is -2.25. The van der Waals surface area contributed by atoms with Crippen LogP contribution in [0.4, 0.5) is 5.95 Å². The van der Waals surface area contributed by atoms with E-state index >= 15 is 0 Å². The summed E-state index contributed by atoms with van der Waals surface area (Å²) in [6.07, 6.45) is 3.11. The maximum Gasteiger partial charge on any atom is 0.264 e. The monoisotopic (exact) mass is 429 g/mol. The van der Waals surface area contributed by atoms with Crippen molar-refractivity contribution in [2.75, 3.05) is 5.32 Å². The minimum Gasteiger partial charge on any atom is -0.439 e. The van der Waals surface area contributed by atoms with Crippen molar-refractivity contribution in [2.24, 2.45) is 12.8 Å². The topological polar surface area (TPSA) is 121 Å². The standard InChI is InChI=1S/C23H23N7O2/c1-13(2)27-23-26-12-17(22(31)30(23)4)19-7-5-15-11-16(6-8-18(15)28-19)32-20-9-10-25-21(29-20)14(3)24/h5-13H,3,24H2,1-2,4H3,(H,26,27). The number of anilines is 1. The van der Waals surface area contributed by atoms with Crippen molar-refractivity contribution in [3.8, 4) is 22.9 Å². The maximum absolute atomic E-state index is 12.8. The molecule has 9 nitrogen and oxygen atoms in total. The summed E-state index contributed by atoms with van der Waals surface area (Å²) in [6.45, 7) is 7.61. The van der Waals surface area contributed by atoms with Crippen molar-refractivity contribution in [1.82, 2.24) is 24.5 Å². The van der Waals surface area contributed by atoms with Gasteiger partial charge in [0.15, 0.2) is 5.82 Å². The van der Waals surface area contributed by atoms with Gasteiger partial charge in [0.25, 0.3) is 5.56 Å². The largest absolute Gasteiger partial charge is 0.439 e. The van der Waals surface area contributed by atoms with Gasteiger partial charge in [-0.2, -0.15) is 4.98 Å². The fourth-order valence-corrected chi connectivity index (χ4v) is 3.10. The first-order valence-corrected chi connectivity index (χ1v) is 10.0. The van der Waals surface area contributed by atoms with Crippen molar-refractivity contribution in [3.05, 3.63) is 71.5 Å². The molecular formula is C23H23N7O2. The van der Waals surface area contributed by atoms with Gasteiger partial charge >= 0.3 is 0 Å². The van der Waals surface area contributed by atoms with Crippen LogP contribution >= 0.6 is 0 Å². The minimum absolute atomic E-state index is 0.164. The van der Waals surface area contributed by atoms with E-state index in [0.717, 1.165) is 10.9 Å². The summed E-state index contributed by atoms with van der Waals surface area (Å²) in [5.74, 6) is 1.78. The van der Waals surface area contributed by atoms with Crippen molar-refractivity contribution in [1.29, 1.82) is 0 Å². The molecule has 0 fully saturated rings. The first-order chi connectivity index (χ1) is 15.3. The van der Waals surface area contributed by atoms with Gasteiger partial charge in [-0.05, 0) is 38.1 Å². The van der Waals surface area contributed by atoms with Gasteiger partial charge in [-0.25, -0.2) is 15.0 Å². The highest BCUT2D eigenvalue weighted by Crippen LogP contribution is 2.26. The number of nitrogens with two attached hydrogens (primary N) is 1. The molecule has 0 aliphatic heterocycles. The average Bonchev–Trinajstić information content (AvgIpc) is 2.77. The Labute approximate surface area is 184 Å². The number of benzene rings is 1. The fourth-order valence-electron chi connectivity index (χ4n) is 3.10. The van der Waals surface area contributed by atoms with Crippen LogP contribution in [0.15, 0.2) is 60.2 Å².